The van der Waals surface area contributed by atoms with Gasteiger partial charge in [0, 0.05) is 25.1 Å². The SMILES string of the molecule is C#CCCCCNC(C)c1ccc(OC)c(COC)c1. The highest BCUT2D eigenvalue weighted by Crippen LogP contribution is 2.24. The third-order valence-electron chi connectivity index (χ3n) is 3.30. The molecule has 1 atom stereocenters. The van der Waals surface area contributed by atoms with E-state index in [0.29, 0.717) is 12.6 Å². The minimum Gasteiger partial charge on any atom is -0.496 e. The van der Waals surface area contributed by atoms with Crippen molar-refractivity contribution < 1.29 is 9.47 Å². The van der Waals surface area contributed by atoms with Crippen LogP contribution in [0, 0.1) is 12.3 Å². The molecule has 0 heterocycles. The highest BCUT2D eigenvalue weighted by atomic mass is 16.5. The summed E-state index contributed by atoms with van der Waals surface area (Å²) in [4.78, 5) is 0. The van der Waals surface area contributed by atoms with Crippen molar-refractivity contribution in [3.05, 3.63) is 29.3 Å². The number of ether oxygens (including phenoxy) is 2. The summed E-state index contributed by atoms with van der Waals surface area (Å²) in [7, 11) is 3.38. The molecule has 3 heteroatoms. The maximum absolute atomic E-state index is 5.34. The van der Waals surface area contributed by atoms with E-state index in [4.69, 9.17) is 15.9 Å². The predicted octanol–water partition coefficient (Wildman–Crippen LogP) is 3.30. The molecular formula is C17H25NO2. The average Bonchev–Trinajstić information content (AvgIpc) is 2.47. The van der Waals surface area contributed by atoms with Gasteiger partial charge in [0.05, 0.1) is 13.7 Å². The molecule has 0 saturated heterocycles. The van der Waals surface area contributed by atoms with Crippen LogP contribution in [-0.2, 0) is 11.3 Å². The Labute approximate surface area is 122 Å². The lowest BCUT2D eigenvalue weighted by atomic mass is 10.0. The van der Waals surface area contributed by atoms with Gasteiger partial charge in [-0.25, -0.2) is 0 Å². The van der Waals surface area contributed by atoms with E-state index >= 15 is 0 Å². The van der Waals surface area contributed by atoms with Crippen LogP contribution in [0.5, 0.6) is 5.75 Å². The maximum atomic E-state index is 5.34. The summed E-state index contributed by atoms with van der Waals surface area (Å²) in [5.74, 6) is 3.54. The first-order chi connectivity index (χ1) is 9.72. The molecule has 0 aliphatic rings. The van der Waals surface area contributed by atoms with Crippen molar-refractivity contribution in [2.24, 2.45) is 0 Å². The molecule has 1 aromatic rings. The third kappa shape index (κ3) is 5.24. The second-order valence-corrected chi connectivity index (χ2v) is 4.84. The lowest BCUT2D eigenvalue weighted by Gasteiger charge is -2.16. The van der Waals surface area contributed by atoms with Gasteiger partial charge in [0.25, 0.3) is 0 Å². The predicted molar refractivity (Wildman–Crippen MR) is 82.8 cm³/mol. The molecule has 0 fully saturated rings. The molecule has 0 saturated carbocycles. The minimum absolute atomic E-state index is 0.308. The molecule has 0 amide bonds. The van der Waals surface area contributed by atoms with E-state index in [-0.39, 0.29) is 0 Å². The van der Waals surface area contributed by atoms with Crippen LogP contribution in [0.4, 0.5) is 0 Å². The molecule has 0 bridgehead atoms. The molecule has 0 aromatic heterocycles. The van der Waals surface area contributed by atoms with Gasteiger partial charge in [-0.2, -0.15) is 0 Å². The van der Waals surface area contributed by atoms with Crippen molar-refractivity contribution in [1.29, 1.82) is 0 Å². The number of benzene rings is 1. The second-order valence-electron chi connectivity index (χ2n) is 4.84. The minimum atomic E-state index is 0.308. The van der Waals surface area contributed by atoms with Crippen LogP contribution >= 0.6 is 0 Å². The van der Waals surface area contributed by atoms with E-state index in [1.807, 2.05) is 6.07 Å². The van der Waals surface area contributed by atoms with Crippen molar-refractivity contribution in [3.63, 3.8) is 0 Å². The summed E-state index contributed by atoms with van der Waals surface area (Å²) < 4.78 is 10.6. The Kier molecular flexibility index (Phi) is 7.79. The van der Waals surface area contributed by atoms with E-state index in [1.54, 1.807) is 14.2 Å². The lowest BCUT2D eigenvalue weighted by molar-refractivity contribution is 0.181. The highest BCUT2D eigenvalue weighted by molar-refractivity contribution is 5.38. The van der Waals surface area contributed by atoms with E-state index in [0.717, 1.165) is 37.1 Å². The van der Waals surface area contributed by atoms with Gasteiger partial charge < -0.3 is 14.8 Å². The van der Waals surface area contributed by atoms with Crippen LogP contribution in [0.1, 0.15) is 43.4 Å². The Hall–Kier alpha value is -1.50. The van der Waals surface area contributed by atoms with Crippen LogP contribution in [-0.4, -0.2) is 20.8 Å². The van der Waals surface area contributed by atoms with Crippen LogP contribution in [0.25, 0.3) is 0 Å². The Morgan fingerprint density at radius 1 is 1.30 bits per heavy atom. The molecule has 0 radical (unpaired) electrons. The summed E-state index contributed by atoms with van der Waals surface area (Å²) in [6, 6.07) is 6.54. The summed E-state index contributed by atoms with van der Waals surface area (Å²) >= 11 is 0. The Morgan fingerprint density at radius 3 is 2.75 bits per heavy atom. The molecule has 1 N–H and O–H groups in total. The molecule has 1 unspecified atom stereocenters. The first kappa shape index (κ1) is 16.6. The molecule has 3 nitrogen and oxygen atoms in total. The molecular weight excluding hydrogens is 250 g/mol. The highest BCUT2D eigenvalue weighted by Gasteiger charge is 2.09. The third-order valence-corrected chi connectivity index (χ3v) is 3.30. The van der Waals surface area contributed by atoms with Crippen LogP contribution in [0.15, 0.2) is 18.2 Å². The van der Waals surface area contributed by atoms with Crippen LogP contribution in [0.3, 0.4) is 0 Å². The number of rotatable bonds is 9. The fourth-order valence-electron chi connectivity index (χ4n) is 2.12. The quantitative estimate of drug-likeness (QED) is 0.554. The first-order valence-corrected chi connectivity index (χ1v) is 7.05. The number of unbranched alkanes of at least 4 members (excludes halogenated alkanes) is 2. The standard InChI is InChI=1S/C17H25NO2/c1-5-6-7-8-11-18-14(2)15-9-10-17(20-4)16(12-15)13-19-3/h1,9-10,12,14,18H,6-8,11,13H2,2-4H3. The van der Waals surface area contributed by atoms with Crippen molar-refractivity contribution in [2.45, 2.75) is 38.8 Å². The van der Waals surface area contributed by atoms with Crippen molar-refractivity contribution in [2.75, 3.05) is 20.8 Å². The summed E-state index contributed by atoms with van der Waals surface area (Å²) in [5, 5.41) is 3.51. The molecule has 20 heavy (non-hydrogen) atoms. The molecule has 0 aliphatic heterocycles. The fraction of sp³-hybridized carbons (Fsp3) is 0.529. The van der Waals surface area contributed by atoms with Gasteiger partial charge in [0.2, 0.25) is 0 Å². The topological polar surface area (TPSA) is 30.5 Å². The Bertz CT molecular complexity index is 437. The Morgan fingerprint density at radius 2 is 2.10 bits per heavy atom. The number of nitrogens with one attached hydrogen (secondary N) is 1. The molecule has 110 valence electrons. The van der Waals surface area contributed by atoms with E-state index < -0.39 is 0 Å². The smallest absolute Gasteiger partial charge is 0.124 e. The summed E-state index contributed by atoms with van der Waals surface area (Å²) in [6.07, 6.45) is 8.28. The first-order valence-electron chi connectivity index (χ1n) is 7.05. The van der Waals surface area contributed by atoms with Gasteiger partial charge >= 0.3 is 0 Å². The molecule has 0 aliphatic carbocycles. The Balaban J connectivity index is 2.57. The van der Waals surface area contributed by atoms with Gasteiger partial charge in [0.1, 0.15) is 5.75 Å². The number of terminal acetylenes is 1. The summed E-state index contributed by atoms with van der Waals surface area (Å²) in [6.45, 7) is 3.71. The number of hydrogen-bond acceptors (Lipinski definition) is 3. The maximum Gasteiger partial charge on any atom is 0.124 e. The normalized spacial score (nSPS) is 11.9. The average molecular weight is 275 g/mol. The lowest BCUT2D eigenvalue weighted by Crippen LogP contribution is -2.20. The van der Waals surface area contributed by atoms with E-state index in [2.05, 4.69) is 30.3 Å². The molecule has 1 rings (SSSR count). The zero-order valence-electron chi connectivity index (χ0n) is 12.7. The van der Waals surface area contributed by atoms with Crippen molar-refractivity contribution >= 4 is 0 Å². The van der Waals surface area contributed by atoms with Gasteiger partial charge in [0.15, 0.2) is 0 Å². The van der Waals surface area contributed by atoms with Gasteiger partial charge in [-0.1, -0.05) is 6.07 Å². The fourth-order valence-corrected chi connectivity index (χ4v) is 2.12. The largest absolute Gasteiger partial charge is 0.496 e. The van der Waals surface area contributed by atoms with Crippen molar-refractivity contribution in [1.82, 2.24) is 5.32 Å². The molecule has 0 spiro atoms. The van der Waals surface area contributed by atoms with Gasteiger partial charge in [-0.3, -0.25) is 0 Å². The second kappa shape index (κ2) is 9.41. The monoisotopic (exact) mass is 275 g/mol. The van der Waals surface area contributed by atoms with Gasteiger partial charge in [-0.05, 0) is 44.0 Å². The zero-order chi connectivity index (χ0) is 14.8. The van der Waals surface area contributed by atoms with Gasteiger partial charge in [-0.15, -0.1) is 12.3 Å². The summed E-state index contributed by atoms with van der Waals surface area (Å²) in [5.41, 5.74) is 2.32. The van der Waals surface area contributed by atoms with E-state index in [1.165, 1.54) is 5.56 Å². The van der Waals surface area contributed by atoms with Crippen LogP contribution in [0.2, 0.25) is 0 Å². The molecule has 1 aromatic carbocycles. The van der Waals surface area contributed by atoms with E-state index in [9.17, 15) is 0 Å². The zero-order valence-corrected chi connectivity index (χ0v) is 12.7. The van der Waals surface area contributed by atoms with Crippen LogP contribution < -0.4 is 10.1 Å². The number of methoxy groups -OCH3 is 2. The number of hydrogen-bond donors (Lipinski definition) is 1. The van der Waals surface area contributed by atoms with Crippen molar-refractivity contribution in [3.8, 4) is 18.1 Å².